The minimum Gasteiger partial charge on any atom is -0.494 e. The van der Waals surface area contributed by atoms with Gasteiger partial charge in [0.1, 0.15) is 11.4 Å². The van der Waals surface area contributed by atoms with Crippen LogP contribution >= 0.6 is 11.6 Å². The highest BCUT2D eigenvalue weighted by atomic mass is 35.5. The van der Waals surface area contributed by atoms with Gasteiger partial charge in [-0.3, -0.25) is 9.59 Å². The van der Waals surface area contributed by atoms with Crippen molar-refractivity contribution >= 4 is 23.4 Å². The van der Waals surface area contributed by atoms with Crippen molar-refractivity contribution in [3.05, 3.63) is 77.1 Å². The minimum atomic E-state index is -0.406. The van der Waals surface area contributed by atoms with Crippen molar-refractivity contribution in [1.82, 2.24) is 20.4 Å². The average Bonchev–Trinajstić information content (AvgIpc) is 3.45. The predicted molar refractivity (Wildman–Crippen MR) is 126 cm³/mol. The number of nitrogens with zero attached hydrogens (tertiary/aromatic N) is 2. The molecule has 0 aliphatic carbocycles. The number of hydrogen-bond acceptors (Lipinski definition) is 4. The third-order valence-corrected chi connectivity index (χ3v) is 6.23. The highest BCUT2D eigenvalue weighted by Crippen LogP contribution is 2.30. The second-order valence-corrected chi connectivity index (χ2v) is 8.81. The van der Waals surface area contributed by atoms with Crippen LogP contribution in [0.1, 0.15) is 36.8 Å². The number of aromatic nitrogens is 2. The Morgan fingerprint density at radius 1 is 1.21 bits per heavy atom. The molecule has 2 amide bonds. The molecule has 1 fully saturated rings. The van der Waals surface area contributed by atoms with Crippen LogP contribution in [0.5, 0.6) is 5.75 Å². The van der Waals surface area contributed by atoms with Gasteiger partial charge in [-0.05, 0) is 49.1 Å². The number of nitrogens with one attached hydrogen (secondary N) is 2. The standard InChI is InChI=1S/C25H27ClN4O3/c1-33-22-5-3-2-4-21(22)30-17-19(16-28-30)15-27-23(31)10-12-25(13-11-24(32)29-25)14-18-6-8-20(26)9-7-18/h2-9,16-17H,10-15H2,1H3,(H,27,31)(H,29,32). The van der Waals surface area contributed by atoms with Crippen molar-refractivity contribution in [2.75, 3.05) is 7.11 Å². The van der Waals surface area contributed by atoms with E-state index in [0.29, 0.717) is 43.7 Å². The lowest BCUT2D eigenvalue weighted by Gasteiger charge is -2.29. The zero-order valence-electron chi connectivity index (χ0n) is 18.5. The minimum absolute atomic E-state index is 0.0353. The fraction of sp³-hybridized carbons (Fsp3) is 0.320. The van der Waals surface area contributed by atoms with E-state index in [0.717, 1.165) is 22.6 Å². The number of para-hydroxylation sites is 2. The van der Waals surface area contributed by atoms with Crippen molar-refractivity contribution in [3.63, 3.8) is 0 Å². The largest absolute Gasteiger partial charge is 0.494 e. The second kappa shape index (κ2) is 10.1. The van der Waals surface area contributed by atoms with E-state index in [4.69, 9.17) is 16.3 Å². The highest BCUT2D eigenvalue weighted by Gasteiger charge is 2.37. The molecule has 33 heavy (non-hydrogen) atoms. The molecule has 2 N–H and O–H groups in total. The molecule has 3 aromatic rings. The van der Waals surface area contributed by atoms with Crippen molar-refractivity contribution < 1.29 is 14.3 Å². The Kier molecular flexibility index (Phi) is 6.99. The van der Waals surface area contributed by atoms with Gasteiger partial charge < -0.3 is 15.4 Å². The van der Waals surface area contributed by atoms with Crippen LogP contribution < -0.4 is 15.4 Å². The molecule has 1 aliphatic heterocycles. The zero-order chi connectivity index (χ0) is 23.3. The summed E-state index contributed by atoms with van der Waals surface area (Å²) in [5, 5.41) is 11.1. The van der Waals surface area contributed by atoms with Crippen molar-refractivity contribution in [2.24, 2.45) is 0 Å². The fourth-order valence-corrected chi connectivity index (χ4v) is 4.35. The second-order valence-electron chi connectivity index (χ2n) is 8.37. The predicted octanol–water partition coefficient (Wildman–Crippen LogP) is 3.82. The number of carbonyl (C=O) groups excluding carboxylic acids is 2. The van der Waals surface area contributed by atoms with Crippen LogP contribution in [0.3, 0.4) is 0 Å². The molecule has 0 bridgehead atoms. The van der Waals surface area contributed by atoms with Gasteiger partial charge in [-0.15, -0.1) is 0 Å². The molecular formula is C25H27ClN4O3. The van der Waals surface area contributed by atoms with E-state index in [9.17, 15) is 9.59 Å². The molecule has 1 aliphatic rings. The first-order valence-corrected chi connectivity index (χ1v) is 11.3. The van der Waals surface area contributed by atoms with E-state index in [1.807, 2.05) is 54.7 Å². The van der Waals surface area contributed by atoms with Crippen LogP contribution in [0.4, 0.5) is 0 Å². The summed E-state index contributed by atoms with van der Waals surface area (Å²) in [5.41, 5.74) is 2.40. The molecular weight excluding hydrogens is 440 g/mol. The maximum Gasteiger partial charge on any atom is 0.220 e. The molecule has 2 aromatic carbocycles. The summed E-state index contributed by atoms with van der Waals surface area (Å²) in [4.78, 5) is 24.6. The summed E-state index contributed by atoms with van der Waals surface area (Å²) in [5.74, 6) is 0.700. The van der Waals surface area contributed by atoms with Crippen molar-refractivity contribution in [1.29, 1.82) is 0 Å². The number of benzene rings is 2. The highest BCUT2D eigenvalue weighted by molar-refractivity contribution is 6.30. The molecule has 8 heteroatoms. The molecule has 0 spiro atoms. The summed E-state index contributed by atoms with van der Waals surface area (Å²) in [6.07, 6.45) is 6.38. The first kappa shape index (κ1) is 22.9. The van der Waals surface area contributed by atoms with Crippen LogP contribution in [0.15, 0.2) is 60.9 Å². The van der Waals surface area contributed by atoms with Crippen LogP contribution in [0, 0.1) is 0 Å². The Labute approximate surface area is 198 Å². The van der Waals surface area contributed by atoms with E-state index in [1.165, 1.54) is 0 Å². The summed E-state index contributed by atoms with van der Waals surface area (Å²) >= 11 is 5.99. The molecule has 4 rings (SSSR count). The number of hydrogen-bond donors (Lipinski definition) is 2. The van der Waals surface area contributed by atoms with E-state index in [-0.39, 0.29) is 11.8 Å². The summed E-state index contributed by atoms with van der Waals surface area (Å²) in [7, 11) is 1.62. The van der Waals surface area contributed by atoms with E-state index >= 15 is 0 Å². The van der Waals surface area contributed by atoms with Crippen LogP contribution in [-0.4, -0.2) is 34.2 Å². The van der Waals surface area contributed by atoms with E-state index < -0.39 is 5.54 Å². The van der Waals surface area contributed by atoms with Crippen LogP contribution in [0.25, 0.3) is 5.69 Å². The van der Waals surface area contributed by atoms with Gasteiger partial charge in [-0.25, -0.2) is 4.68 Å². The smallest absolute Gasteiger partial charge is 0.220 e. The third-order valence-electron chi connectivity index (χ3n) is 5.98. The lowest BCUT2D eigenvalue weighted by atomic mass is 9.85. The summed E-state index contributed by atoms with van der Waals surface area (Å²) < 4.78 is 7.12. The zero-order valence-corrected chi connectivity index (χ0v) is 19.3. The van der Waals surface area contributed by atoms with Gasteiger partial charge >= 0.3 is 0 Å². The van der Waals surface area contributed by atoms with Gasteiger partial charge in [0.15, 0.2) is 0 Å². The number of carbonyl (C=O) groups is 2. The number of halogens is 1. The van der Waals surface area contributed by atoms with Gasteiger partial charge in [0.25, 0.3) is 0 Å². The van der Waals surface area contributed by atoms with E-state index in [1.54, 1.807) is 18.0 Å². The Balaban J connectivity index is 1.33. The number of rotatable bonds is 9. The van der Waals surface area contributed by atoms with Crippen molar-refractivity contribution in [3.8, 4) is 11.4 Å². The summed E-state index contributed by atoms with van der Waals surface area (Å²) in [6.45, 7) is 0.379. The van der Waals surface area contributed by atoms with Gasteiger partial charge in [0.05, 0.1) is 13.3 Å². The molecule has 172 valence electrons. The van der Waals surface area contributed by atoms with E-state index in [2.05, 4.69) is 15.7 Å². The van der Waals surface area contributed by atoms with Crippen molar-refractivity contribution in [2.45, 2.75) is 44.2 Å². The molecule has 1 atom stereocenters. The third kappa shape index (κ3) is 5.73. The first-order valence-electron chi connectivity index (χ1n) is 11.0. The van der Waals surface area contributed by atoms with Gasteiger partial charge in [-0.2, -0.15) is 5.10 Å². The molecule has 1 aromatic heterocycles. The van der Waals surface area contributed by atoms with Crippen LogP contribution in [-0.2, 0) is 22.6 Å². The lowest BCUT2D eigenvalue weighted by Crippen LogP contribution is -2.44. The maximum absolute atomic E-state index is 12.6. The van der Waals surface area contributed by atoms with Gasteiger partial charge in [0.2, 0.25) is 11.8 Å². The first-order chi connectivity index (χ1) is 16.0. The molecule has 0 radical (unpaired) electrons. The number of ether oxygens (including phenoxy) is 1. The maximum atomic E-state index is 12.6. The summed E-state index contributed by atoms with van der Waals surface area (Å²) in [6, 6.07) is 15.2. The molecule has 1 unspecified atom stereocenters. The molecule has 1 saturated heterocycles. The van der Waals surface area contributed by atoms with Gasteiger partial charge in [-0.1, -0.05) is 35.9 Å². The molecule has 2 heterocycles. The fourth-order valence-electron chi connectivity index (χ4n) is 4.22. The monoisotopic (exact) mass is 466 g/mol. The SMILES string of the molecule is COc1ccccc1-n1cc(CNC(=O)CCC2(Cc3ccc(Cl)cc3)CCC(=O)N2)cn1. The lowest BCUT2D eigenvalue weighted by molar-refractivity contribution is -0.122. The normalized spacial score (nSPS) is 17.6. The van der Waals surface area contributed by atoms with Gasteiger partial charge in [0, 0.05) is 41.7 Å². The Bertz CT molecular complexity index is 1130. The number of methoxy groups -OCH3 is 1. The molecule has 7 nitrogen and oxygen atoms in total. The Morgan fingerprint density at radius 2 is 2.00 bits per heavy atom. The molecule has 0 saturated carbocycles. The quantitative estimate of drug-likeness (QED) is 0.502. The number of amides is 2. The topological polar surface area (TPSA) is 85.2 Å². The Hall–Kier alpha value is -3.32. The van der Waals surface area contributed by atoms with Crippen LogP contribution in [0.2, 0.25) is 5.02 Å². The average molecular weight is 467 g/mol. The Morgan fingerprint density at radius 3 is 2.73 bits per heavy atom.